The third kappa shape index (κ3) is 4.93. The van der Waals surface area contributed by atoms with E-state index in [9.17, 15) is 23.3 Å². The highest BCUT2D eigenvalue weighted by Gasteiger charge is 2.39. The molecule has 1 aliphatic rings. The summed E-state index contributed by atoms with van der Waals surface area (Å²) >= 11 is 0. The number of likely N-dealkylation sites (N-methyl/N-ethyl adjacent to an activating group) is 1. The zero-order valence-corrected chi connectivity index (χ0v) is 17.6. The lowest BCUT2D eigenvalue weighted by atomic mass is 9.81. The summed E-state index contributed by atoms with van der Waals surface area (Å²) in [5.41, 5.74) is -0.890. The first-order valence-corrected chi connectivity index (χ1v) is 10.6. The van der Waals surface area contributed by atoms with Crippen LogP contribution in [0.15, 0.2) is 29.2 Å². The van der Waals surface area contributed by atoms with E-state index >= 15 is 0 Å². The second-order valence-electron chi connectivity index (χ2n) is 6.86. The molecule has 0 N–H and O–H groups in total. The maximum atomic E-state index is 12.5. The SMILES string of the molecule is CON(C)S(=O)(=O)c1cccc(C(=O)OCC(=O)N(C)C2(C#N)CCCCC2)c1. The summed E-state index contributed by atoms with van der Waals surface area (Å²) in [7, 11) is 0.0502. The van der Waals surface area contributed by atoms with Crippen molar-refractivity contribution in [3.8, 4) is 6.07 Å². The Morgan fingerprint density at radius 1 is 1.21 bits per heavy atom. The van der Waals surface area contributed by atoms with E-state index in [1.54, 1.807) is 7.05 Å². The monoisotopic (exact) mass is 423 g/mol. The molecule has 0 unspecified atom stereocenters. The highest BCUT2D eigenvalue weighted by atomic mass is 32.2. The zero-order valence-electron chi connectivity index (χ0n) is 16.8. The minimum atomic E-state index is -3.92. The van der Waals surface area contributed by atoms with Crippen LogP contribution in [0.5, 0.6) is 0 Å². The predicted molar refractivity (Wildman–Crippen MR) is 103 cm³/mol. The fourth-order valence-corrected chi connectivity index (χ4v) is 4.25. The van der Waals surface area contributed by atoms with Gasteiger partial charge in [-0.3, -0.25) is 9.63 Å². The van der Waals surface area contributed by atoms with Crippen LogP contribution < -0.4 is 0 Å². The third-order valence-electron chi connectivity index (χ3n) is 5.19. The van der Waals surface area contributed by atoms with Crippen LogP contribution in [-0.2, 0) is 24.4 Å². The van der Waals surface area contributed by atoms with Gasteiger partial charge in [0.25, 0.3) is 15.9 Å². The predicted octanol–water partition coefficient (Wildman–Crippen LogP) is 1.71. The Labute approximate surface area is 170 Å². The lowest BCUT2D eigenvalue weighted by Crippen LogP contribution is -2.51. The summed E-state index contributed by atoms with van der Waals surface area (Å²) in [6.45, 7) is -0.534. The number of nitriles is 1. The van der Waals surface area contributed by atoms with Gasteiger partial charge in [0.05, 0.1) is 23.6 Å². The van der Waals surface area contributed by atoms with Gasteiger partial charge >= 0.3 is 5.97 Å². The molecular weight excluding hydrogens is 398 g/mol. The van der Waals surface area contributed by atoms with E-state index in [2.05, 4.69) is 6.07 Å². The topological polar surface area (TPSA) is 117 Å². The number of carbonyl (C=O) groups is 2. The molecule has 1 aromatic carbocycles. The smallest absolute Gasteiger partial charge is 0.338 e. The van der Waals surface area contributed by atoms with Crippen LogP contribution in [0.3, 0.4) is 0 Å². The Hall–Kier alpha value is -2.48. The van der Waals surface area contributed by atoms with Gasteiger partial charge in [0.1, 0.15) is 5.54 Å². The Morgan fingerprint density at radius 2 is 1.86 bits per heavy atom. The molecule has 10 heteroatoms. The number of benzene rings is 1. The standard InChI is InChI=1S/C19H25N3O6S/c1-21(19(14-20)10-5-4-6-11-19)17(23)13-28-18(24)15-8-7-9-16(12-15)29(25,26)22(2)27-3/h7-9,12H,4-6,10-11,13H2,1-3H3. The lowest BCUT2D eigenvalue weighted by Gasteiger charge is -2.38. The van der Waals surface area contributed by atoms with Gasteiger partial charge in [0.2, 0.25) is 0 Å². The minimum Gasteiger partial charge on any atom is -0.452 e. The van der Waals surface area contributed by atoms with Crippen molar-refractivity contribution < 1.29 is 27.6 Å². The second kappa shape index (κ2) is 9.35. The first-order valence-electron chi connectivity index (χ1n) is 9.16. The van der Waals surface area contributed by atoms with Crippen LogP contribution in [0.25, 0.3) is 0 Å². The number of carbonyl (C=O) groups excluding carboxylic acids is 2. The molecule has 0 heterocycles. The normalized spacial score (nSPS) is 16.1. The molecule has 2 rings (SSSR count). The van der Waals surface area contributed by atoms with Crippen molar-refractivity contribution in [3.63, 3.8) is 0 Å². The van der Waals surface area contributed by atoms with E-state index < -0.39 is 34.0 Å². The summed E-state index contributed by atoms with van der Waals surface area (Å²) in [5, 5.41) is 9.57. The molecule has 158 valence electrons. The molecule has 1 amide bonds. The second-order valence-corrected chi connectivity index (χ2v) is 8.79. The molecule has 0 saturated heterocycles. The van der Waals surface area contributed by atoms with E-state index in [1.165, 1.54) is 37.3 Å². The molecule has 1 aliphatic carbocycles. The van der Waals surface area contributed by atoms with Crippen molar-refractivity contribution in [2.24, 2.45) is 0 Å². The largest absolute Gasteiger partial charge is 0.452 e. The number of ether oxygens (including phenoxy) is 1. The van der Waals surface area contributed by atoms with E-state index in [1.807, 2.05) is 0 Å². The van der Waals surface area contributed by atoms with Crippen molar-refractivity contribution in [1.82, 2.24) is 9.37 Å². The molecule has 0 aliphatic heterocycles. The maximum absolute atomic E-state index is 12.5. The number of hydrogen-bond acceptors (Lipinski definition) is 7. The molecule has 0 aromatic heterocycles. The highest BCUT2D eigenvalue weighted by molar-refractivity contribution is 7.89. The summed E-state index contributed by atoms with van der Waals surface area (Å²) in [6, 6.07) is 7.50. The summed E-state index contributed by atoms with van der Waals surface area (Å²) in [5.74, 6) is -1.32. The van der Waals surface area contributed by atoms with Gasteiger partial charge in [-0.1, -0.05) is 29.8 Å². The van der Waals surface area contributed by atoms with Crippen LogP contribution in [0.4, 0.5) is 0 Å². The Balaban J connectivity index is 2.07. The van der Waals surface area contributed by atoms with Gasteiger partial charge in [0.15, 0.2) is 6.61 Å². The van der Waals surface area contributed by atoms with Crippen molar-refractivity contribution in [2.75, 3.05) is 27.8 Å². The summed E-state index contributed by atoms with van der Waals surface area (Å²) < 4.78 is 30.3. The van der Waals surface area contributed by atoms with Crippen LogP contribution in [0.2, 0.25) is 0 Å². The highest BCUT2D eigenvalue weighted by Crippen LogP contribution is 2.32. The number of nitrogens with zero attached hydrogens (tertiary/aromatic N) is 3. The lowest BCUT2D eigenvalue weighted by molar-refractivity contribution is -0.138. The van der Waals surface area contributed by atoms with Crippen LogP contribution in [0.1, 0.15) is 42.5 Å². The molecule has 0 atom stereocenters. The quantitative estimate of drug-likeness (QED) is 0.484. The Bertz CT molecular complexity index is 903. The number of esters is 1. The van der Waals surface area contributed by atoms with Crippen molar-refractivity contribution >= 4 is 21.9 Å². The van der Waals surface area contributed by atoms with Gasteiger partial charge < -0.3 is 9.64 Å². The van der Waals surface area contributed by atoms with Crippen LogP contribution in [-0.4, -0.2) is 63.0 Å². The van der Waals surface area contributed by atoms with Crippen molar-refractivity contribution in [3.05, 3.63) is 29.8 Å². The third-order valence-corrected chi connectivity index (χ3v) is 6.87. The zero-order chi connectivity index (χ0) is 21.7. The van der Waals surface area contributed by atoms with E-state index in [0.717, 1.165) is 25.3 Å². The first kappa shape index (κ1) is 22.8. The van der Waals surface area contributed by atoms with Gasteiger partial charge in [-0.05, 0) is 31.0 Å². The average Bonchev–Trinajstić information content (AvgIpc) is 2.76. The molecule has 0 radical (unpaired) electrons. The van der Waals surface area contributed by atoms with Crippen molar-refractivity contribution in [1.29, 1.82) is 5.26 Å². The van der Waals surface area contributed by atoms with Gasteiger partial charge in [0, 0.05) is 14.1 Å². The molecule has 1 saturated carbocycles. The molecular formula is C19H25N3O6S. The van der Waals surface area contributed by atoms with E-state index in [0.29, 0.717) is 17.3 Å². The number of hydroxylamine groups is 1. The minimum absolute atomic E-state index is 0.0151. The van der Waals surface area contributed by atoms with Crippen molar-refractivity contribution in [2.45, 2.75) is 42.5 Å². The van der Waals surface area contributed by atoms with Gasteiger partial charge in [-0.2, -0.15) is 5.26 Å². The van der Waals surface area contributed by atoms with Gasteiger partial charge in [-0.25, -0.2) is 13.2 Å². The number of sulfonamides is 1. The van der Waals surface area contributed by atoms with Gasteiger partial charge in [-0.15, -0.1) is 0 Å². The molecule has 9 nitrogen and oxygen atoms in total. The summed E-state index contributed by atoms with van der Waals surface area (Å²) in [4.78, 5) is 30.7. The Morgan fingerprint density at radius 3 is 2.45 bits per heavy atom. The van der Waals surface area contributed by atoms with E-state index in [4.69, 9.17) is 9.57 Å². The molecule has 0 spiro atoms. The molecule has 1 aromatic rings. The summed E-state index contributed by atoms with van der Waals surface area (Å²) in [6.07, 6.45) is 3.93. The van der Waals surface area contributed by atoms with Crippen LogP contribution in [0, 0.1) is 11.3 Å². The first-order chi connectivity index (χ1) is 13.7. The Kier molecular flexibility index (Phi) is 7.35. The number of rotatable bonds is 7. The van der Waals surface area contributed by atoms with Crippen LogP contribution >= 0.6 is 0 Å². The fraction of sp³-hybridized carbons (Fsp3) is 0.526. The number of amides is 1. The fourth-order valence-electron chi connectivity index (χ4n) is 3.24. The molecule has 29 heavy (non-hydrogen) atoms. The van der Waals surface area contributed by atoms with E-state index in [-0.39, 0.29) is 10.5 Å². The average molecular weight is 423 g/mol. The molecule has 0 bridgehead atoms. The number of hydrogen-bond donors (Lipinski definition) is 0. The maximum Gasteiger partial charge on any atom is 0.338 e. The molecule has 1 fully saturated rings.